The molecule has 10 nitrogen and oxygen atoms in total. The van der Waals surface area contributed by atoms with Gasteiger partial charge in [0.2, 0.25) is 5.95 Å². The molecule has 1 amide bonds. The number of nitrogens with one attached hydrogen (secondary N) is 3. The Morgan fingerprint density at radius 3 is 2.69 bits per heavy atom. The van der Waals surface area contributed by atoms with Gasteiger partial charge in [-0.2, -0.15) is 10.1 Å². The molecule has 0 radical (unpaired) electrons. The number of hydrazone groups is 1. The molecular weight excluding hydrogens is 444 g/mol. The van der Waals surface area contributed by atoms with Crippen molar-refractivity contribution in [3.63, 3.8) is 0 Å². The molecule has 35 heavy (non-hydrogen) atoms. The zero-order valence-corrected chi connectivity index (χ0v) is 22.1. The third-order valence-electron chi connectivity index (χ3n) is 5.67. The Balaban J connectivity index is 0.00000210. The molecule has 2 heterocycles. The van der Waals surface area contributed by atoms with Gasteiger partial charge in [0, 0.05) is 38.8 Å². The minimum atomic E-state index is -0.176. The molecule has 0 bridgehead atoms. The fourth-order valence-electron chi connectivity index (χ4n) is 3.84. The zero-order chi connectivity index (χ0) is 25.8. The lowest BCUT2D eigenvalue weighted by molar-refractivity contribution is 0.0963. The smallest absolute Gasteiger partial charge is 0.251 e. The summed E-state index contributed by atoms with van der Waals surface area (Å²) in [6.07, 6.45) is 6.80. The first-order valence-corrected chi connectivity index (χ1v) is 12.3. The quantitative estimate of drug-likeness (QED) is 0.264. The summed E-state index contributed by atoms with van der Waals surface area (Å²) in [6, 6.07) is 5.54. The normalized spacial score (nSPS) is 14.7. The number of carbonyl (C=O) groups excluding carboxylic acids is 1. The Bertz CT molecular complexity index is 982. The number of hydrogen-bond acceptors (Lipinski definition) is 8. The average Bonchev–Trinajstić information content (AvgIpc) is 2.91. The molecule has 3 rings (SSSR count). The van der Waals surface area contributed by atoms with Crippen LogP contribution in [0, 0.1) is 0 Å². The van der Waals surface area contributed by atoms with Crippen molar-refractivity contribution in [3.8, 4) is 5.75 Å². The Kier molecular flexibility index (Phi) is 11.1. The lowest BCUT2D eigenvalue weighted by Crippen LogP contribution is -2.49. The lowest BCUT2D eigenvalue weighted by atomic mass is 10.1. The number of amides is 1. The fourth-order valence-corrected chi connectivity index (χ4v) is 3.84. The van der Waals surface area contributed by atoms with Crippen LogP contribution >= 0.6 is 0 Å². The van der Waals surface area contributed by atoms with E-state index in [4.69, 9.17) is 9.72 Å². The second kappa shape index (κ2) is 14.0. The molecule has 0 spiro atoms. The highest BCUT2D eigenvalue weighted by Crippen LogP contribution is 2.36. The Morgan fingerprint density at radius 1 is 1.29 bits per heavy atom. The maximum Gasteiger partial charge on any atom is 0.251 e. The Morgan fingerprint density at radius 2 is 2.06 bits per heavy atom. The third kappa shape index (κ3) is 6.74. The maximum absolute atomic E-state index is 12.0. The van der Waals surface area contributed by atoms with Crippen LogP contribution in [0.3, 0.4) is 0 Å². The van der Waals surface area contributed by atoms with Crippen LogP contribution in [0.2, 0.25) is 0 Å². The first-order valence-electron chi connectivity index (χ1n) is 12.3. The molecule has 1 aromatic heterocycles. The largest absolute Gasteiger partial charge is 0.495 e. The Hall–Kier alpha value is -3.56. The minimum absolute atomic E-state index is 0.176. The van der Waals surface area contributed by atoms with Crippen molar-refractivity contribution in [3.05, 3.63) is 30.0 Å². The van der Waals surface area contributed by atoms with E-state index in [1.165, 1.54) is 0 Å². The summed E-state index contributed by atoms with van der Waals surface area (Å²) in [7, 11) is 4.94. The highest BCUT2D eigenvalue weighted by atomic mass is 16.5. The predicted molar refractivity (Wildman–Crippen MR) is 144 cm³/mol. The molecule has 0 saturated heterocycles. The van der Waals surface area contributed by atoms with Crippen LogP contribution in [0.25, 0.3) is 0 Å². The van der Waals surface area contributed by atoms with Gasteiger partial charge in [0.05, 0.1) is 19.0 Å². The first kappa shape index (κ1) is 27.7. The van der Waals surface area contributed by atoms with E-state index in [9.17, 15) is 4.79 Å². The summed E-state index contributed by atoms with van der Waals surface area (Å²) in [5.41, 5.74) is 4.93. The van der Waals surface area contributed by atoms with Crippen molar-refractivity contribution in [1.29, 1.82) is 0 Å². The number of unbranched alkanes of at least 4 members (excludes halogenated alkanes) is 1. The van der Waals surface area contributed by atoms with Crippen molar-refractivity contribution in [2.24, 2.45) is 5.10 Å². The predicted octanol–water partition coefficient (Wildman–Crippen LogP) is 3.98. The van der Waals surface area contributed by atoms with E-state index in [1.54, 1.807) is 45.7 Å². The second-order valence-electron chi connectivity index (χ2n) is 7.75. The molecule has 2 aromatic rings. The standard InChI is InChI=1S/C23H34N8O2.C2H6/c1-6-8-11-31-17(7-2)14-30(15-27-25-4)19-13-26-23(29-21(19)31)28-18-10-9-16(22(32)24-3)12-20(18)33-5;1-2/h9-10,12-13,15,17,25H,6-8,11,14H2,1-5H3,(H,24,32)(H,26,28,29);1-2H3/b27-15-;. The second-order valence-corrected chi connectivity index (χ2v) is 7.75. The molecule has 1 unspecified atom stereocenters. The molecular formula is C25H40N8O2. The Labute approximate surface area is 209 Å². The molecule has 3 N–H and O–H groups in total. The van der Waals surface area contributed by atoms with Crippen LogP contribution in [0.1, 0.15) is 57.3 Å². The van der Waals surface area contributed by atoms with Gasteiger partial charge < -0.3 is 30.6 Å². The molecule has 1 aliphatic rings. The molecule has 1 aromatic carbocycles. The summed E-state index contributed by atoms with van der Waals surface area (Å²) in [5.74, 6) is 1.70. The first-order chi connectivity index (χ1) is 17.1. The van der Waals surface area contributed by atoms with E-state index in [0.717, 1.165) is 43.9 Å². The summed E-state index contributed by atoms with van der Waals surface area (Å²) >= 11 is 0. The number of hydrogen-bond donors (Lipinski definition) is 3. The number of methoxy groups -OCH3 is 1. The number of rotatable bonds is 10. The molecule has 0 saturated carbocycles. The average molecular weight is 485 g/mol. The zero-order valence-electron chi connectivity index (χ0n) is 22.1. The van der Waals surface area contributed by atoms with Gasteiger partial charge in [-0.05, 0) is 31.0 Å². The molecule has 0 fully saturated rings. The maximum atomic E-state index is 12.0. The molecule has 192 valence electrons. The van der Waals surface area contributed by atoms with Crippen molar-refractivity contribution >= 4 is 35.4 Å². The van der Waals surface area contributed by atoms with E-state index in [0.29, 0.717) is 29.0 Å². The van der Waals surface area contributed by atoms with Crippen LogP contribution in [0.5, 0.6) is 5.75 Å². The van der Waals surface area contributed by atoms with Gasteiger partial charge in [-0.25, -0.2) is 4.98 Å². The van der Waals surface area contributed by atoms with Gasteiger partial charge >= 0.3 is 0 Å². The van der Waals surface area contributed by atoms with Crippen LogP contribution in [0.15, 0.2) is 29.5 Å². The van der Waals surface area contributed by atoms with Crippen molar-refractivity contribution in [2.75, 3.05) is 49.4 Å². The highest BCUT2D eigenvalue weighted by Gasteiger charge is 2.31. The van der Waals surface area contributed by atoms with Gasteiger partial charge in [-0.3, -0.25) is 4.79 Å². The van der Waals surface area contributed by atoms with E-state index < -0.39 is 0 Å². The van der Waals surface area contributed by atoms with E-state index in [-0.39, 0.29) is 5.91 Å². The minimum Gasteiger partial charge on any atom is -0.495 e. The summed E-state index contributed by atoms with van der Waals surface area (Å²) in [5, 5.41) is 10.1. The van der Waals surface area contributed by atoms with E-state index in [1.807, 2.05) is 20.0 Å². The molecule has 0 aliphatic carbocycles. The fraction of sp³-hybridized carbons (Fsp3) is 0.520. The summed E-state index contributed by atoms with van der Waals surface area (Å²) < 4.78 is 5.49. The number of ether oxygens (including phenoxy) is 1. The van der Waals surface area contributed by atoms with Gasteiger partial charge in [0.15, 0.2) is 5.82 Å². The van der Waals surface area contributed by atoms with Crippen LogP contribution in [-0.2, 0) is 0 Å². The van der Waals surface area contributed by atoms with Gasteiger partial charge in [0.25, 0.3) is 5.91 Å². The number of nitrogens with zero attached hydrogens (tertiary/aromatic N) is 5. The van der Waals surface area contributed by atoms with Gasteiger partial charge in [-0.1, -0.05) is 34.1 Å². The van der Waals surface area contributed by atoms with Gasteiger partial charge in [-0.15, -0.1) is 0 Å². The molecule has 10 heteroatoms. The van der Waals surface area contributed by atoms with Crippen LogP contribution in [-0.4, -0.2) is 62.6 Å². The van der Waals surface area contributed by atoms with Crippen molar-refractivity contribution in [1.82, 2.24) is 20.7 Å². The number of fused-ring (bicyclic) bond motifs is 1. The number of carbonyl (C=O) groups is 1. The topological polar surface area (TPSA) is 107 Å². The SMILES string of the molecule is CC.CCCCN1c2nc(Nc3ccc(C(=O)NC)cc3OC)ncc2N(/C=N\NC)CC1CC. The van der Waals surface area contributed by atoms with Crippen LogP contribution in [0.4, 0.5) is 23.1 Å². The summed E-state index contributed by atoms with van der Waals surface area (Å²) in [6.45, 7) is 10.1. The highest BCUT2D eigenvalue weighted by molar-refractivity contribution is 5.95. The number of aromatic nitrogens is 2. The van der Waals surface area contributed by atoms with E-state index >= 15 is 0 Å². The van der Waals surface area contributed by atoms with E-state index in [2.05, 4.69) is 49.8 Å². The molecule has 1 aliphatic heterocycles. The number of anilines is 4. The number of benzene rings is 1. The lowest BCUT2D eigenvalue weighted by Gasteiger charge is -2.41. The molecule has 1 atom stereocenters. The summed E-state index contributed by atoms with van der Waals surface area (Å²) in [4.78, 5) is 25.9. The van der Waals surface area contributed by atoms with Crippen molar-refractivity contribution < 1.29 is 9.53 Å². The van der Waals surface area contributed by atoms with Crippen LogP contribution < -0.4 is 30.6 Å². The van der Waals surface area contributed by atoms with Gasteiger partial charge in [0.1, 0.15) is 17.8 Å². The third-order valence-corrected chi connectivity index (χ3v) is 5.67. The van der Waals surface area contributed by atoms with Crippen molar-refractivity contribution in [2.45, 2.75) is 53.0 Å². The monoisotopic (exact) mass is 484 g/mol.